The van der Waals surface area contributed by atoms with Gasteiger partial charge in [-0.05, 0) is 18.6 Å². The smallest absolute Gasteiger partial charge is 0.437 e. The van der Waals surface area contributed by atoms with E-state index in [0.717, 1.165) is 11.1 Å². The fraction of sp³-hybridized carbons (Fsp3) is 0.538. The predicted octanol–water partition coefficient (Wildman–Crippen LogP) is 0.960. The minimum absolute atomic E-state index is 0.0458. The van der Waals surface area contributed by atoms with Crippen molar-refractivity contribution >= 4 is 0 Å². The van der Waals surface area contributed by atoms with Gasteiger partial charge in [0.2, 0.25) is 5.89 Å². The molecule has 1 N–H and O–H groups in total. The van der Waals surface area contributed by atoms with E-state index in [1.807, 2.05) is 6.92 Å². The Morgan fingerprint density at radius 3 is 3.10 bits per heavy atom. The van der Waals surface area contributed by atoms with Gasteiger partial charge in [-0.15, -0.1) is 5.10 Å². The monoisotopic (exact) mass is 282 g/mol. The molecule has 7 heteroatoms. The topological polar surface area (TPSA) is 90.6 Å². The molecule has 0 aliphatic rings. The summed E-state index contributed by atoms with van der Waals surface area (Å²) in [5.41, 5.74) is 0. The number of aliphatic hydroxyl groups is 1. The summed E-state index contributed by atoms with van der Waals surface area (Å²) in [6.07, 6.45) is 2.17. The van der Waals surface area contributed by atoms with Crippen molar-refractivity contribution in [3.63, 3.8) is 0 Å². The van der Waals surface area contributed by atoms with Gasteiger partial charge in [-0.1, -0.05) is 6.92 Å². The Hall–Kier alpha value is -1.86. The van der Waals surface area contributed by atoms with Crippen LogP contribution in [0.3, 0.4) is 0 Å². The molecular weight excluding hydrogens is 264 g/mol. The Labute approximate surface area is 115 Å². The standard InChI is InChI=1S/C13H18N2O5/c1-2-4-12-14-15(13(17)20-12)7-10(16)8-18-9-11-5-3-6-19-11/h3,5-6,10,16H,2,4,7-9H2,1H3. The zero-order valence-electron chi connectivity index (χ0n) is 11.3. The predicted molar refractivity (Wildman–Crippen MR) is 69.1 cm³/mol. The van der Waals surface area contributed by atoms with Crippen molar-refractivity contribution in [1.29, 1.82) is 0 Å². The lowest BCUT2D eigenvalue weighted by Gasteiger charge is -2.09. The molecule has 0 aromatic carbocycles. The molecular formula is C13H18N2O5. The lowest BCUT2D eigenvalue weighted by atomic mass is 10.3. The average Bonchev–Trinajstić information content (AvgIpc) is 3.01. The van der Waals surface area contributed by atoms with Gasteiger partial charge in [0.1, 0.15) is 12.4 Å². The molecule has 2 aromatic rings. The second-order valence-electron chi connectivity index (χ2n) is 4.44. The van der Waals surface area contributed by atoms with Crippen LogP contribution in [-0.2, 0) is 24.3 Å². The molecule has 20 heavy (non-hydrogen) atoms. The van der Waals surface area contributed by atoms with Gasteiger partial charge >= 0.3 is 5.76 Å². The van der Waals surface area contributed by atoms with Crippen LogP contribution in [0.2, 0.25) is 0 Å². The molecule has 2 aromatic heterocycles. The van der Waals surface area contributed by atoms with Crippen LogP contribution in [-0.4, -0.2) is 27.6 Å². The van der Waals surface area contributed by atoms with Crippen LogP contribution >= 0.6 is 0 Å². The number of hydrogen-bond acceptors (Lipinski definition) is 6. The van der Waals surface area contributed by atoms with Gasteiger partial charge in [-0.25, -0.2) is 4.79 Å². The number of ether oxygens (including phenoxy) is 1. The SMILES string of the molecule is CCCc1nn(CC(O)COCc2ccco2)c(=O)o1. The first kappa shape index (κ1) is 14.5. The van der Waals surface area contributed by atoms with E-state index in [4.69, 9.17) is 13.6 Å². The third kappa shape index (κ3) is 4.07. The van der Waals surface area contributed by atoms with Crippen LogP contribution in [0, 0.1) is 0 Å². The molecule has 7 nitrogen and oxygen atoms in total. The van der Waals surface area contributed by atoms with Crippen LogP contribution in [0.15, 0.2) is 32.0 Å². The number of furan rings is 1. The summed E-state index contributed by atoms with van der Waals surface area (Å²) in [7, 11) is 0. The Kier molecular flexibility index (Phi) is 5.14. The minimum atomic E-state index is -0.831. The summed E-state index contributed by atoms with van der Waals surface area (Å²) < 4.78 is 16.4. The average molecular weight is 282 g/mol. The molecule has 0 fully saturated rings. The van der Waals surface area contributed by atoms with Crippen molar-refractivity contribution in [2.24, 2.45) is 0 Å². The molecule has 0 saturated heterocycles. The summed E-state index contributed by atoms with van der Waals surface area (Å²) in [5, 5.41) is 13.8. The van der Waals surface area contributed by atoms with Gasteiger partial charge in [-0.3, -0.25) is 0 Å². The van der Waals surface area contributed by atoms with Crippen molar-refractivity contribution in [2.45, 2.75) is 39.0 Å². The summed E-state index contributed by atoms with van der Waals surface area (Å²) in [6, 6.07) is 3.55. The zero-order chi connectivity index (χ0) is 14.4. The Balaban J connectivity index is 1.78. The molecule has 0 radical (unpaired) electrons. The van der Waals surface area contributed by atoms with E-state index in [9.17, 15) is 9.90 Å². The van der Waals surface area contributed by atoms with Gasteiger partial charge < -0.3 is 18.7 Å². The fourth-order valence-electron chi connectivity index (χ4n) is 1.72. The van der Waals surface area contributed by atoms with E-state index in [2.05, 4.69) is 5.10 Å². The third-order valence-corrected chi connectivity index (χ3v) is 2.63. The van der Waals surface area contributed by atoms with Crippen molar-refractivity contribution in [3.05, 3.63) is 40.6 Å². The third-order valence-electron chi connectivity index (χ3n) is 2.63. The number of hydrogen-bond donors (Lipinski definition) is 1. The first-order chi connectivity index (χ1) is 9.69. The maximum atomic E-state index is 11.5. The normalized spacial score (nSPS) is 12.7. The lowest BCUT2D eigenvalue weighted by molar-refractivity contribution is 0.0123. The maximum absolute atomic E-state index is 11.5. The highest BCUT2D eigenvalue weighted by Gasteiger charge is 2.12. The van der Waals surface area contributed by atoms with Crippen molar-refractivity contribution in [3.8, 4) is 0 Å². The highest BCUT2D eigenvalue weighted by molar-refractivity contribution is 4.96. The van der Waals surface area contributed by atoms with Crippen molar-refractivity contribution in [1.82, 2.24) is 9.78 Å². The molecule has 0 amide bonds. The van der Waals surface area contributed by atoms with E-state index in [-0.39, 0.29) is 19.8 Å². The second-order valence-corrected chi connectivity index (χ2v) is 4.44. The minimum Gasteiger partial charge on any atom is -0.467 e. The summed E-state index contributed by atoms with van der Waals surface area (Å²) in [6.45, 7) is 2.38. The van der Waals surface area contributed by atoms with Crippen LogP contribution in [0.4, 0.5) is 0 Å². The van der Waals surface area contributed by atoms with Crippen LogP contribution < -0.4 is 5.76 Å². The van der Waals surface area contributed by atoms with E-state index < -0.39 is 11.9 Å². The Bertz CT molecular complexity index is 558. The number of aliphatic hydroxyl groups excluding tert-OH is 1. The van der Waals surface area contributed by atoms with Gasteiger partial charge in [0, 0.05) is 6.42 Å². The summed E-state index contributed by atoms with van der Waals surface area (Å²) in [5.74, 6) is 0.515. The van der Waals surface area contributed by atoms with Gasteiger partial charge in [-0.2, -0.15) is 4.68 Å². The summed E-state index contributed by atoms with van der Waals surface area (Å²) >= 11 is 0. The number of nitrogens with zero attached hydrogens (tertiary/aromatic N) is 2. The number of rotatable bonds is 8. The van der Waals surface area contributed by atoms with E-state index in [1.54, 1.807) is 18.4 Å². The van der Waals surface area contributed by atoms with E-state index in [0.29, 0.717) is 18.1 Å². The first-order valence-corrected chi connectivity index (χ1v) is 6.54. The van der Waals surface area contributed by atoms with Crippen LogP contribution in [0.5, 0.6) is 0 Å². The lowest BCUT2D eigenvalue weighted by Crippen LogP contribution is -2.28. The molecule has 110 valence electrons. The van der Waals surface area contributed by atoms with Gasteiger partial charge in [0.15, 0.2) is 0 Å². The van der Waals surface area contributed by atoms with Gasteiger partial charge in [0.05, 0.1) is 25.5 Å². The first-order valence-electron chi connectivity index (χ1n) is 6.54. The highest BCUT2D eigenvalue weighted by atomic mass is 16.5. The summed E-state index contributed by atoms with van der Waals surface area (Å²) in [4.78, 5) is 11.5. The maximum Gasteiger partial charge on any atom is 0.437 e. The molecule has 0 bridgehead atoms. The zero-order valence-corrected chi connectivity index (χ0v) is 11.3. The molecule has 0 aliphatic carbocycles. The molecule has 1 atom stereocenters. The molecule has 2 heterocycles. The quantitative estimate of drug-likeness (QED) is 0.775. The molecule has 0 spiro atoms. The molecule has 2 rings (SSSR count). The molecule has 1 unspecified atom stereocenters. The highest BCUT2D eigenvalue weighted by Crippen LogP contribution is 2.03. The van der Waals surface area contributed by atoms with Gasteiger partial charge in [0.25, 0.3) is 0 Å². The number of aromatic nitrogens is 2. The second kappa shape index (κ2) is 7.06. The fourth-order valence-corrected chi connectivity index (χ4v) is 1.72. The number of aryl methyl sites for hydroxylation is 1. The Morgan fingerprint density at radius 2 is 2.40 bits per heavy atom. The van der Waals surface area contributed by atoms with E-state index in [1.165, 1.54) is 0 Å². The molecule has 0 aliphatic heterocycles. The van der Waals surface area contributed by atoms with Crippen LogP contribution in [0.1, 0.15) is 25.0 Å². The van der Waals surface area contributed by atoms with Crippen LogP contribution in [0.25, 0.3) is 0 Å². The Morgan fingerprint density at radius 1 is 1.55 bits per heavy atom. The van der Waals surface area contributed by atoms with E-state index >= 15 is 0 Å². The molecule has 0 saturated carbocycles. The largest absolute Gasteiger partial charge is 0.467 e. The van der Waals surface area contributed by atoms with Crippen molar-refractivity contribution < 1.29 is 18.7 Å². The van der Waals surface area contributed by atoms with Crippen molar-refractivity contribution in [2.75, 3.05) is 6.61 Å².